The normalized spacial score (nSPS) is 21.2. The SMILES string of the molecule is CCC(C)(C(=O)O)N(CCOC)C(C)C1CC1. The van der Waals surface area contributed by atoms with E-state index in [0.717, 1.165) is 0 Å². The maximum absolute atomic E-state index is 11.5. The first-order valence-corrected chi connectivity index (χ1v) is 6.46. The predicted molar refractivity (Wildman–Crippen MR) is 67.1 cm³/mol. The van der Waals surface area contributed by atoms with E-state index in [1.54, 1.807) is 7.11 Å². The summed E-state index contributed by atoms with van der Waals surface area (Å²) >= 11 is 0. The van der Waals surface area contributed by atoms with Gasteiger partial charge in [-0.3, -0.25) is 9.69 Å². The Morgan fingerprint density at radius 2 is 2.18 bits per heavy atom. The maximum Gasteiger partial charge on any atom is 0.323 e. The summed E-state index contributed by atoms with van der Waals surface area (Å²) in [5, 5.41) is 9.47. The number of nitrogens with zero attached hydrogens (tertiary/aromatic N) is 1. The molecule has 0 spiro atoms. The molecule has 17 heavy (non-hydrogen) atoms. The number of methoxy groups -OCH3 is 1. The molecule has 4 nitrogen and oxygen atoms in total. The van der Waals surface area contributed by atoms with Crippen LogP contribution in [0, 0.1) is 5.92 Å². The van der Waals surface area contributed by atoms with Gasteiger partial charge in [0.25, 0.3) is 0 Å². The van der Waals surface area contributed by atoms with E-state index in [1.165, 1.54) is 12.8 Å². The number of carboxylic acids is 1. The Morgan fingerprint density at radius 1 is 1.59 bits per heavy atom. The molecule has 100 valence electrons. The summed E-state index contributed by atoms with van der Waals surface area (Å²) in [6, 6.07) is 0.325. The van der Waals surface area contributed by atoms with Crippen LogP contribution in [-0.2, 0) is 9.53 Å². The Bertz CT molecular complexity index is 265. The summed E-state index contributed by atoms with van der Waals surface area (Å²) in [7, 11) is 1.66. The van der Waals surface area contributed by atoms with Gasteiger partial charge in [-0.1, -0.05) is 6.92 Å². The van der Waals surface area contributed by atoms with E-state index in [1.807, 2.05) is 13.8 Å². The third-order valence-electron chi connectivity index (χ3n) is 4.12. The zero-order valence-electron chi connectivity index (χ0n) is 11.4. The molecule has 4 heteroatoms. The fourth-order valence-corrected chi connectivity index (χ4v) is 2.40. The van der Waals surface area contributed by atoms with E-state index < -0.39 is 11.5 Å². The lowest BCUT2D eigenvalue weighted by molar-refractivity contribution is -0.153. The van der Waals surface area contributed by atoms with E-state index in [-0.39, 0.29) is 0 Å². The molecule has 2 atom stereocenters. The number of ether oxygens (including phenoxy) is 1. The smallest absolute Gasteiger partial charge is 0.323 e. The molecular formula is C13H25NO3. The number of rotatable bonds is 8. The quantitative estimate of drug-likeness (QED) is 0.708. The number of carboxylic acid groups (broad SMARTS) is 1. The second kappa shape index (κ2) is 5.83. The highest BCUT2D eigenvalue weighted by molar-refractivity contribution is 5.78. The van der Waals surface area contributed by atoms with Crippen LogP contribution < -0.4 is 0 Å². The van der Waals surface area contributed by atoms with Gasteiger partial charge < -0.3 is 9.84 Å². The molecule has 0 aromatic rings. The molecule has 1 N–H and O–H groups in total. The molecule has 0 radical (unpaired) electrons. The minimum atomic E-state index is -0.777. The van der Waals surface area contributed by atoms with Crippen LogP contribution in [0.1, 0.15) is 40.0 Å². The second-order valence-electron chi connectivity index (χ2n) is 5.20. The number of hydrogen-bond donors (Lipinski definition) is 1. The molecule has 1 aliphatic carbocycles. The zero-order valence-corrected chi connectivity index (χ0v) is 11.4. The van der Waals surface area contributed by atoms with E-state index in [2.05, 4.69) is 11.8 Å². The standard InChI is InChI=1S/C13H25NO3/c1-5-13(3,12(15)16)14(8-9-17-4)10(2)11-6-7-11/h10-11H,5-9H2,1-4H3,(H,15,16). The first kappa shape index (κ1) is 14.5. The molecule has 1 fully saturated rings. The summed E-state index contributed by atoms with van der Waals surface area (Å²) in [4.78, 5) is 13.6. The average molecular weight is 243 g/mol. The van der Waals surface area contributed by atoms with Crippen molar-refractivity contribution in [1.29, 1.82) is 0 Å². The largest absolute Gasteiger partial charge is 0.480 e. The minimum absolute atomic E-state index is 0.325. The molecule has 0 amide bonds. The van der Waals surface area contributed by atoms with E-state index in [4.69, 9.17) is 4.74 Å². The molecule has 1 saturated carbocycles. The van der Waals surface area contributed by atoms with E-state index in [0.29, 0.717) is 31.5 Å². The van der Waals surface area contributed by atoms with Crippen molar-refractivity contribution < 1.29 is 14.6 Å². The van der Waals surface area contributed by atoms with Crippen molar-refractivity contribution in [2.75, 3.05) is 20.3 Å². The van der Waals surface area contributed by atoms with Crippen LogP contribution >= 0.6 is 0 Å². The molecule has 0 aliphatic heterocycles. The fraction of sp³-hybridized carbons (Fsp3) is 0.923. The van der Waals surface area contributed by atoms with Gasteiger partial charge in [-0.15, -0.1) is 0 Å². The third kappa shape index (κ3) is 3.19. The van der Waals surface area contributed by atoms with Crippen LogP contribution in [-0.4, -0.2) is 47.8 Å². The molecule has 2 unspecified atom stereocenters. The van der Waals surface area contributed by atoms with Gasteiger partial charge in [0, 0.05) is 19.7 Å². The van der Waals surface area contributed by atoms with Crippen molar-refractivity contribution >= 4 is 5.97 Å². The molecule has 0 bridgehead atoms. The Hall–Kier alpha value is -0.610. The van der Waals surface area contributed by atoms with Crippen molar-refractivity contribution in [1.82, 2.24) is 4.90 Å². The van der Waals surface area contributed by atoms with E-state index in [9.17, 15) is 9.90 Å². The summed E-state index contributed by atoms with van der Waals surface area (Å²) in [5.41, 5.74) is -0.777. The number of hydrogen-bond acceptors (Lipinski definition) is 3. The second-order valence-corrected chi connectivity index (χ2v) is 5.20. The highest BCUT2D eigenvalue weighted by Crippen LogP contribution is 2.38. The highest BCUT2D eigenvalue weighted by Gasteiger charge is 2.44. The van der Waals surface area contributed by atoms with Crippen LogP contribution in [0.2, 0.25) is 0 Å². The predicted octanol–water partition coefficient (Wildman–Crippen LogP) is 1.99. The summed E-state index contributed by atoms with van der Waals surface area (Å²) < 4.78 is 5.11. The lowest BCUT2D eigenvalue weighted by Crippen LogP contribution is -2.57. The van der Waals surface area contributed by atoms with Gasteiger partial charge in [-0.05, 0) is 39.0 Å². The van der Waals surface area contributed by atoms with E-state index >= 15 is 0 Å². The highest BCUT2D eigenvalue weighted by atomic mass is 16.5. The fourth-order valence-electron chi connectivity index (χ4n) is 2.40. The van der Waals surface area contributed by atoms with Gasteiger partial charge in [0.2, 0.25) is 0 Å². The molecule has 0 saturated heterocycles. The van der Waals surface area contributed by atoms with Gasteiger partial charge in [-0.25, -0.2) is 0 Å². The third-order valence-corrected chi connectivity index (χ3v) is 4.12. The van der Waals surface area contributed by atoms with Crippen molar-refractivity contribution in [2.45, 2.75) is 51.6 Å². The Kier molecular flexibility index (Phi) is 4.95. The summed E-state index contributed by atoms with van der Waals surface area (Å²) in [6.45, 7) is 7.17. The summed E-state index contributed by atoms with van der Waals surface area (Å²) in [5.74, 6) is -0.0688. The van der Waals surface area contributed by atoms with Crippen molar-refractivity contribution in [3.05, 3.63) is 0 Å². The molecule has 0 aromatic heterocycles. The average Bonchev–Trinajstić information content (AvgIpc) is 3.12. The van der Waals surface area contributed by atoms with Crippen molar-refractivity contribution in [3.63, 3.8) is 0 Å². The monoisotopic (exact) mass is 243 g/mol. The topological polar surface area (TPSA) is 49.8 Å². The first-order chi connectivity index (χ1) is 7.97. The van der Waals surface area contributed by atoms with Crippen molar-refractivity contribution in [2.24, 2.45) is 5.92 Å². The number of carbonyl (C=O) groups is 1. The number of aliphatic carboxylic acids is 1. The molecule has 0 aromatic carbocycles. The van der Waals surface area contributed by atoms with Gasteiger partial charge in [0.05, 0.1) is 6.61 Å². The lowest BCUT2D eigenvalue weighted by atomic mass is 9.93. The van der Waals surface area contributed by atoms with Gasteiger partial charge in [0.1, 0.15) is 5.54 Å². The van der Waals surface area contributed by atoms with Crippen LogP contribution in [0.25, 0.3) is 0 Å². The minimum Gasteiger partial charge on any atom is -0.480 e. The van der Waals surface area contributed by atoms with Crippen molar-refractivity contribution in [3.8, 4) is 0 Å². The van der Waals surface area contributed by atoms with Gasteiger partial charge >= 0.3 is 5.97 Å². The maximum atomic E-state index is 11.5. The Morgan fingerprint density at radius 3 is 2.53 bits per heavy atom. The van der Waals surface area contributed by atoms with Crippen LogP contribution in [0.5, 0.6) is 0 Å². The Labute approximate surface area is 104 Å². The van der Waals surface area contributed by atoms with Gasteiger partial charge in [0.15, 0.2) is 0 Å². The van der Waals surface area contributed by atoms with Gasteiger partial charge in [-0.2, -0.15) is 0 Å². The molecular weight excluding hydrogens is 218 g/mol. The molecule has 1 rings (SSSR count). The molecule has 1 aliphatic rings. The lowest BCUT2D eigenvalue weighted by Gasteiger charge is -2.41. The zero-order chi connectivity index (χ0) is 13.1. The molecule has 0 heterocycles. The summed E-state index contributed by atoms with van der Waals surface area (Å²) in [6.07, 6.45) is 3.07. The van der Waals surface area contributed by atoms with Crippen LogP contribution in [0.15, 0.2) is 0 Å². The van der Waals surface area contributed by atoms with Crippen LogP contribution in [0.3, 0.4) is 0 Å². The first-order valence-electron chi connectivity index (χ1n) is 6.46. The van der Waals surface area contributed by atoms with Crippen LogP contribution in [0.4, 0.5) is 0 Å². The Balaban J connectivity index is 2.81.